The van der Waals surface area contributed by atoms with Crippen molar-refractivity contribution in [2.75, 3.05) is 20.8 Å². The van der Waals surface area contributed by atoms with Crippen molar-refractivity contribution >= 4 is 29.9 Å². The van der Waals surface area contributed by atoms with Crippen molar-refractivity contribution in [3.63, 3.8) is 0 Å². The fourth-order valence-electron chi connectivity index (χ4n) is 2.13. The van der Waals surface area contributed by atoms with E-state index < -0.39 is 12.8 Å². The lowest BCUT2D eigenvalue weighted by Gasteiger charge is -2.13. The standard InChI is InChI=1S/C18H21F3N4O2.HI/c1-22-17(24-9-13-4-3-5-15(8-13)26-2)25-11-14-6-7-16(23-10-14)27-12-18(19,20)21;/h3-8,10H,9,11-12H2,1-2H3,(H2,22,24,25);1H. The summed E-state index contributed by atoms with van der Waals surface area (Å²) in [5.74, 6) is 1.28. The topological polar surface area (TPSA) is 67.8 Å². The van der Waals surface area contributed by atoms with Crippen LogP contribution in [-0.4, -0.2) is 37.9 Å². The predicted molar refractivity (Wildman–Crippen MR) is 111 cm³/mol. The Hall–Kier alpha value is -2.24. The van der Waals surface area contributed by atoms with Crippen molar-refractivity contribution in [2.24, 2.45) is 4.99 Å². The zero-order chi connectivity index (χ0) is 19.7. The fraction of sp³-hybridized carbons (Fsp3) is 0.333. The lowest BCUT2D eigenvalue weighted by Crippen LogP contribution is -2.36. The summed E-state index contributed by atoms with van der Waals surface area (Å²) in [6.07, 6.45) is -2.93. The highest BCUT2D eigenvalue weighted by Crippen LogP contribution is 2.17. The molecule has 0 saturated carbocycles. The molecule has 0 aliphatic carbocycles. The third kappa shape index (κ3) is 8.63. The molecule has 154 valence electrons. The monoisotopic (exact) mass is 510 g/mol. The van der Waals surface area contributed by atoms with Gasteiger partial charge in [0.05, 0.1) is 7.11 Å². The highest BCUT2D eigenvalue weighted by atomic mass is 127. The van der Waals surface area contributed by atoms with Gasteiger partial charge in [-0.15, -0.1) is 24.0 Å². The minimum absolute atomic E-state index is 0. The van der Waals surface area contributed by atoms with Crippen LogP contribution in [0.1, 0.15) is 11.1 Å². The molecular formula is C18H22F3IN4O2. The third-order valence-electron chi connectivity index (χ3n) is 3.46. The Morgan fingerprint density at radius 2 is 1.82 bits per heavy atom. The molecule has 2 rings (SSSR count). The molecule has 0 radical (unpaired) electrons. The molecule has 0 amide bonds. The first kappa shape index (κ1) is 23.8. The Bertz CT molecular complexity index is 755. The van der Waals surface area contributed by atoms with Gasteiger partial charge in [-0.05, 0) is 23.3 Å². The number of ether oxygens (including phenoxy) is 2. The van der Waals surface area contributed by atoms with Crippen LogP contribution in [0.15, 0.2) is 47.6 Å². The molecule has 1 aromatic carbocycles. The van der Waals surface area contributed by atoms with Gasteiger partial charge in [0.2, 0.25) is 5.88 Å². The van der Waals surface area contributed by atoms with Gasteiger partial charge in [0, 0.05) is 32.4 Å². The smallest absolute Gasteiger partial charge is 0.422 e. The van der Waals surface area contributed by atoms with Gasteiger partial charge in [0.15, 0.2) is 12.6 Å². The van der Waals surface area contributed by atoms with Gasteiger partial charge in [-0.25, -0.2) is 4.98 Å². The molecule has 0 saturated heterocycles. The molecule has 0 fully saturated rings. The second-order valence-corrected chi connectivity index (χ2v) is 5.54. The molecule has 0 aliphatic rings. The Labute approximate surface area is 178 Å². The normalized spacial score (nSPS) is 11.4. The van der Waals surface area contributed by atoms with Crippen molar-refractivity contribution in [1.29, 1.82) is 0 Å². The average molecular weight is 510 g/mol. The molecule has 10 heteroatoms. The van der Waals surface area contributed by atoms with Gasteiger partial charge in [-0.3, -0.25) is 4.99 Å². The van der Waals surface area contributed by atoms with E-state index >= 15 is 0 Å². The van der Waals surface area contributed by atoms with Crippen LogP contribution in [0.3, 0.4) is 0 Å². The number of nitrogens with one attached hydrogen (secondary N) is 2. The van der Waals surface area contributed by atoms with E-state index in [4.69, 9.17) is 4.74 Å². The van der Waals surface area contributed by atoms with E-state index in [0.717, 1.165) is 16.9 Å². The first-order valence-corrected chi connectivity index (χ1v) is 8.11. The van der Waals surface area contributed by atoms with Crippen molar-refractivity contribution in [3.8, 4) is 11.6 Å². The van der Waals surface area contributed by atoms with Crippen LogP contribution in [0.4, 0.5) is 13.2 Å². The van der Waals surface area contributed by atoms with E-state index in [9.17, 15) is 13.2 Å². The number of rotatable bonds is 7. The van der Waals surface area contributed by atoms with Gasteiger partial charge in [-0.1, -0.05) is 18.2 Å². The molecule has 1 heterocycles. The van der Waals surface area contributed by atoms with E-state index in [1.54, 1.807) is 20.2 Å². The summed E-state index contributed by atoms with van der Waals surface area (Å²) in [5, 5.41) is 6.28. The molecule has 0 aliphatic heterocycles. The van der Waals surface area contributed by atoms with Crippen LogP contribution < -0.4 is 20.1 Å². The maximum absolute atomic E-state index is 12.1. The van der Waals surface area contributed by atoms with Crippen LogP contribution in [0.5, 0.6) is 11.6 Å². The van der Waals surface area contributed by atoms with E-state index in [1.165, 1.54) is 12.3 Å². The Morgan fingerprint density at radius 1 is 1.11 bits per heavy atom. The summed E-state index contributed by atoms with van der Waals surface area (Å²) < 4.78 is 46.1. The summed E-state index contributed by atoms with van der Waals surface area (Å²) in [4.78, 5) is 7.99. The number of methoxy groups -OCH3 is 1. The quantitative estimate of drug-likeness (QED) is 0.339. The lowest BCUT2D eigenvalue weighted by molar-refractivity contribution is -0.154. The fourth-order valence-corrected chi connectivity index (χ4v) is 2.13. The van der Waals surface area contributed by atoms with Crippen molar-refractivity contribution in [2.45, 2.75) is 19.3 Å². The molecule has 0 spiro atoms. The lowest BCUT2D eigenvalue weighted by atomic mass is 10.2. The molecule has 28 heavy (non-hydrogen) atoms. The first-order chi connectivity index (χ1) is 12.9. The van der Waals surface area contributed by atoms with Crippen LogP contribution >= 0.6 is 24.0 Å². The Morgan fingerprint density at radius 3 is 2.39 bits per heavy atom. The molecule has 0 bridgehead atoms. The van der Waals surface area contributed by atoms with E-state index in [-0.39, 0.29) is 29.9 Å². The average Bonchev–Trinajstić information content (AvgIpc) is 2.67. The first-order valence-electron chi connectivity index (χ1n) is 8.11. The van der Waals surface area contributed by atoms with Gasteiger partial charge in [0.25, 0.3) is 0 Å². The number of guanidine groups is 1. The molecule has 1 aromatic heterocycles. The Kier molecular flexibility index (Phi) is 9.83. The molecule has 2 aromatic rings. The van der Waals surface area contributed by atoms with Crippen LogP contribution in [0, 0.1) is 0 Å². The van der Waals surface area contributed by atoms with E-state index in [2.05, 4.69) is 25.3 Å². The van der Waals surface area contributed by atoms with Gasteiger partial charge in [-0.2, -0.15) is 13.2 Å². The SMILES string of the molecule is CN=C(NCc1ccc(OCC(F)(F)F)nc1)NCc1cccc(OC)c1.I. The second kappa shape index (κ2) is 11.6. The number of halogens is 4. The number of pyridine rings is 1. The second-order valence-electron chi connectivity index (χ2n) is 5.54. The molecule has 0 atom stereocenters. The summed E-state index contributed by atoms with van der Waals surface area (Å²) in [6.45, 7) is -0.401. The predicted octanol–water partition coefficient (Wildman–Crippen LogP) is 3.51. The zero-order valence-electron chi connectivity index (χ0n) is 15.4. The van der Waals surface area contributed by atoms with Gasteiger partial charge in [0.1, 0.15) is 5.75 Å². The minimum Gasteiger partial charge on any atom is -0.497 e. The Balaban J connectivity index is 0.00000392. The van der Waals surface area contributed by atoms with Gasteiger partial charge < -0.3 is 20.1 Å². The molecule has 6 nitrogen and oxygen atoms in total. The molecular weight excluding hydrogens is 488 g/mol. The van der Waals surface area contributed by atoms with Crippen molar-refractivity contribution in [1.82, 2.24) is 15.6 Å². The van der Waals surface area contributed by atoms with Crippen LogP contribution in [-0.2, 0) is 13.1 Å². The summed E-state index contributed by atoms with van der Waals surface area (Å²) in [5.41, 5.74) is 1.81. The highest BCUT2D eigenvalue weighted by molar-refractivity contribution is 14.0. The molecule has 0 unspecified atom stereocenters. The maximum Gasteiger partial charge on any atom is 0.422 e. The maximum atomic E-state index is 12.1. The number of aromatic nitrogens is 1. The van der Waals surface area contributed by atoms with Crippen molar-refractivity contribution in [3.05, 3.63) is 53.7 Å². The number of hydrogen-bond donors (Lipinski definition) is 2. The third-order valence-corrected chi connectivity index (χ3v) is 3.46. The molecule has 2 N–H and O–H groups in total. The highest BCUT2D eigenvalue weighted by Gasteiger charge is 2.28. The van der Waals surface area contributed by atoms with Crippen LogP contribution in [0.25, 0.3) is 0 Å². The number of nitrogens with zero attached hydrogens (tertiary/aromatic N) is 2. The van der Waals surface area contributed by atoms with Crippen LogP contribution in [0.2, 0.25) is 0 Å². The number of hydrogen-bond acceptors (Lipinski definition) is 4. The summed E-state index contributed by atoms with van der Waals surface area (Å²) in [6, 6.07) is 10.7. The largest absolute Gasteiger partial charge is 0.497 e. The number of benzene rings is 1. The zero-order valence-corrected chi connectivity index (χ0v) is 17.7. The number of alkyl halides is 3. The van der Waals surface area contributed by atoms with Gasteiger partial charge >= 0.3 is 6.18 Å². The summed E-state index contributed by atoms with van der Waals surface area (Å²) in [7, 11) is 3.26. The summed E-state index contributed by atoms with van der Waals surface area (Å²) >= 11 is 0. The minimum atomic E-state index is -4.39. The van der Waals surface area contributed by atoms with E-state index in [1.807, 2.05) is 24.3 Å². The number of aliphatic imine (C=N–C) groups is 1. The van der Waals surface area contributed by atoms with Crippen molar-refractivity contribution < 1.29 is 22.6 Å². The van der Waals surface area contributed by atoms with E-state index in [0.29, 0.717) is 19.0 Å².